The van der Waals surface area contributed by atoms with Crippen LogP contribution in [-0.4, -0.2) is 31.7 Å². The van der Waals surface area contributed by atoms with Crippen LogP contribution in [0.1, 0.15) is 5.69 Å². The van der Waals surface area contributed by atoms with Crippen LogP contribution in [0.2, 0.25) is 5.02 Å². The molecule has 2 aromatic heterocycles. The van der Waals surface area contributed by atoms with Crippen molar-refractivity contribution < 1.29 is 8.78 Å². The van der Waals surface area contributed by atoms with Crippen LogP contribution in [0.5, 0.6) is 0 Å². The smallest absolute Gasteiger partial charge is 0.208 e. The maximum atomic E-state index is 14.5. The van der Waals surface area contributed by atoms with E-state index in [1.807, 2.05) is 0 Å². The van der Waals surface area contributed by atoms with Gasteiger partial charge >= 0.3 is 0 Å². The van der Waals surface area contributed by atoms with Crippen LogP contribution in [0.3, 0.4) is 0 Å². The van der Waals surface area contributed by atoms with Crippen molar-refractivity contribution in [1.82, 2.24) is 25.2 Å². The Morgan fingerprint density at radius 2 is 2.00 bits per heavy atom. The van der Waals surface area contributed by atoms with Gasteiger partial charge in [-0.25, -0.2) is 8.78 Å². The lowest BCUT2D eigenvalue weighted by molar-refractivity contribution is 0.599. The maximum Gasteiger partial charge on any atom is 0.208 e. The summed E-state index contributed by atoms with van der Waals surface area (Å²) in [7, 11) is 1.56. The Balaban J connectivity index is 2.19. The molecule has 3 aromatic rings. The van der Waals surface area contributed by atoms with Gasteiger partial charge in [0.1, 0.15) is 11.6 Å². The van der Waals surface area contributed by atoms with Gasteiger partial charge in [-0.1, -0.05) is 11.6 Å². The van der Waals surface area contributed by atoms with Gasteiger partial charge in [0.25, 0.3) is 0 Å². The minimum absolute atomic E-state index is 0.0770. The number of halogens is 3. The lowest BCUT2D eigenvalue weighted by Crippen LogP contribution is -2.06. The van der Waals surface area contributed by atoms with Gasteiger partial charge < -0.3 is 5.73 Å². The van der Waals surface area contributed by atoms with Crippen molar-refractivity contribution in [1.29, 1.82) is 0 Å². The molecule has 2 heterocycles. The van der Waals surface area contributed by atoms with E-state index in [4.69, 9.17) is 17.3 Å². The SMILES string of the molecule is Cn1nnc(-c2c(F)cc(Cl)cc2-c2cnc(CCN)c(F)c2)n1. The number of rotatable bonds is 4. The fourth-order valence-electron chi connectivity index (χ4n) is 2.35. The van der Waals surface area contributed by atoms with Crippen LogP contribution in [0.25, 0.3) is 22.5 Å². The van der Waals surface area contributed by atoms with Crippen molar-refractivity contribution >= 4 is 11.6 Å². The predicted molar refractivity (Wildman–Crippen MR) is 85.1 cm³/mol. The molecule has 0 radical (unpaired) electrons. The van der Waals surface area contributed by atoms with Gasteiger partial charge in [0.15, 0.2) is 0 Å². The van der Waals surface area contributed by atoms with Crippen molar-refractivity contribution in [3.63, 3.8) is 0 Å². The van der Waals surface area contributed by atoms with Crippen LogP contribution in [-0.2, 0) is 13.5 Å². The van der Waals surface area contributed by atoms with Crippen molar-refractivity contribution in [2.75, 3.05) is 6.54 Å². The number of nitrogens with zero attached hydrogens (tertiary/aromatic N) is 5. The van der Waals surface area contributed by atoms with Crippen LogP contribution >= 0.6 is 11.6 Å². The topological polar surface area (TPSA) is 82.5 Å². The van der Waals surface area contributed by atoms with Gasteiger partial charge in [0, 0.05) is 23.2 Å². The Morgan fingerprint density at radius 1 is 1.21 bits per heavy atom. The normalized spacial score (nSPS) is 11.0. The molecule has 0 unspecified atom stereocenters. The molecule has 0 saturated carbocycles. The molecule has 9 heteroatoms. The highest BCUT2D eigenvalue weighted by atomic mass is 35.5. The third kappa shape index (κ3) is 3.10. The molecule has 0 bridgehead atoms. The van der Waals surface area contributed by atoms with Crippen LogP contribution in [0.4, 0.5) is 8.78 Å². The van der Waals surface area contributed by atoms with E-state index in [1.54, 1.807) is 7.05 Å². The summed E-state index contributed by atoms with van der Waals surface area (Å²) in [4.78, 5) is 5.27. The maximum absolute atomic E-state index is 14.5. The van der Waals surface area contributed by atoms with Gasteiger partial charge in [0.05, 0.1) is 18.3 Å². The highest BCUT2D eigenvalue weighted by molar-refractivity contribution is 6.31. The Bertz CT molecular complexity index is 896. The van der Waals surface area contributed by atoms with Crippen molar-refractivity contribution in [3.8, 4) is 22.5 Å². The van der Waals surface area contributed by atoms with Gasteiger partial charge in [0.2, 0.25) is 5.82 Å². The number of pyridine rings is 1. The second-order valence-corrected chi connectivity index (χ2v) is 5.54. The lowest BCUT2D eigenvalue weighted by Gasteiger charge is -2.10. The standard InChI is InChI=1S/C15H13ClF2N6/c1-24-22-15(21-23-24)14-10(5-9(16)6-12(14)18)8-4-11(17)13(2-3-19)20-7-8/h4-7H,2-3,19H2,1H3. The molecule has 6 nitrogen and oxygen atoms in total. The molecule has 2 N–H and O–H groups in total. The molecular weight excluding hydrogens is 338 g/mol. The molecular formula is C15H13ClF2N6. The minimum Gasteiger partial charge on any atom is -0.330 e. The first kappa shape index (κ1) is 16.4. The van der Waals surface area contributed by atoms with Gasteiger partial charge in [-0.2, -0.15) is 4.80 Å². The van der Waals surface area contributed by atoms with Crippen LogP contribution in [0, 0.1) is 11.6 Å². The first-order valence-electron chi connectivity index (χ1n) is 7.08. The Hall–Kier alpha value is -2.45. The summed E-state index contributed by atoms with van der Waals surface area (Å²) >= 11 is 5.95. The Morgan fingerprint density at radius 3 is 2.62 bits per heavy atom. The number of hydrogen-bond acceptors (Lipinski definition) is 5. The van der Waals surface area contributed by atoms with E-state index in [-0.39, 0.29) is 28.6 Å². The number of nitrogens with two attached hydrogens (primary N) is 1. The molecule has 124 valence electrons. The second kappa shape index (κ2) is 6.58. The molecule has 0 aliphatic rings. The number of aromatic nitrogens is 5. The minimum atomic E-state index is -0.628. The van der Waals surface area contributed by atoms with E-state index >= 15 is 0 Å². The average Bonchev–Trinajstić information content (AvgIpc) is 2.94. The third-order valence-electron chi connectivity index (χ3n) is 3.40. The van der Waals surface area contributed by atoms with E-state index in [1.165, 1.54) is 23.1 Å². The highest BCUT2D eigenvalue weighted by Gasteiger charge is 2.19. The van der Waals surface area contributed by atoms with Crippen molar-refractivity contribution in [2.24, 2.45) is 12.8 Å². The number of hydrogen-bond donors (Lipinski definition) is 1. The van der Waals surface area contributed by atoms with Gasteiger partial charge in [-0.05, 0) is 35.5 Å². The Kier molecular flexibility index (Phi) is 4.50. The zero-order chi connectivity index (χ0) is 17.3. The van der Waals surface area contributed by atoms with Gasteiger partial charge in [-0.3, -0.25) is 4.98 Å². The van der Waals surface area contributed by atoms with E-state index in [9.17, 15) is 8.78 Å². The lowest BCUT2D eigenvalue weighted by atomic mass is 9.99. The number of tetrazole rings is 1. The molecule has 0 atom stereocenters. The Labute approximate surface area is 141 Å². The monoisotopic (exact) mass is 350 g/mol. The summed E-state index contributed by atoms with van der Waals surface area (Å²) in [5, 5.41) is 11.7. The fourth-order valence-corrected chi connectivity index (χ4v) is 2.55. The van der Waals surface area contributed by atoms with Crippen LogP contribution < -0.4 is 5.73 Å². The summed E-state index contributed by atoms with van der Waals surface area (Å²) in [5.74, 6) is -1.07. The predicted octanol–water partition coefficient (Wildman–Crippen LogP) is 2.37. The number of aryl methyl sites for hydroxylation is 1. The molecule has 0 aliphatic heterocycles. The quantitative estimate of drug-likeness (QED) is 0.781. The zero-order valence-electron chi connectivity index (χ0n) is 12.7. The van der Waals surface area contributed by atoms with Gasteiger partial charge in [-0.15, -0.1) is 10.2 Å². The van der Waals surface area contributed by atoms with E-state index in [0.29, 0.717) is 17.5 Å². The second-order valence-electron chi connectivity index (χ2n) is 5.10. The summed E-state index contributed by atoms with van der Waals surface area (Å²) in [6.45, 7) is 0.282. The summed E-state index contributed by atoms with van der Waals surface area (Å²) in [6.07, 6.45) is 1.76. The molecule has 0 saturated heterocycles. The first-order chi connectivity index (χ1) is 11.5. The van der Waals surface area contributed by atoms with E-state index in [2.05, 4.69) is 20.4 Å². The molecule has 0 amide bonds. The van der Waals surface area contributed by atoms with Crippen molar-refractivity contribution in [2.45, 2.75) is 6.42 Å². The van der Waals surface area contributed by atoms with E-state index < -0.39 is 11.6 Å². The molecule has 1 aromatic carbocycles. The summed E-state index contributed by atoms with van der Waals surface area (Å²) in [6, 6.07) is 3.92. The molecule has 0 aliphatic carbocycles. The molecule has 24 heavy (non-hydrogen) atoms. The zero-order valence-corrected chi connectivity index (χ0v) is 13.4. The molecule has 3 rings (SSSR count). The average molecular weight is 351 g/mol. The number of benzene rings is 1. The van der Waals surface area contributed by atoms with Crippen LogP contribution in [0.15, 0.2) is 24.4 Å². The highest BCUT2D eigenvalue weighted by Crippen LogP contribution is 2.35. The fraction of sp³-hybridized carbons (Fsp3) is 0.200. The summed E-state index contributed by atoms with van der Waals surface area (Å²) in [5.41, 5.74) is 6.45. The third-order valence-corrected chi connectivity index (χ3v) is 3.61. The molecule has 0 fully saturated rings. The van der Waals surface area contributed by atoms with E-state index in [0.717, 1.165) is 6.07 Å². The van der Waals surface area contributed by atoms with Crippen molar-refractivity contribution in [3.05, 3.63) is 46.7 Å². The first-order valence-corrected chi connectivity index (χ1v) is 7.45. The molecule has 0 spiro atoms. The largest absolute Gasteiger partial charge is 0.330 e. The summed E-state index contributed by atoms with van der Waals surface area (Å²) < 4.78 is 28.6.